The molecule has 14 heavy (non-hydrogen) atoms. The summed E-state index contributed by atoms with van der Waals surface area (Å²) in [4.78, 5) is 17.7. The van der Waals surface area contributed by atoms with E-state index in [2.05, 4.69) is 10.3 Å². The van der Waals surface area contributed by atoms with E-state index in [9.17, 15) is 4.79 Å². The van der Waals surface area contributed by atoms with Crippen LogP contribution in [0.15, 0.2) is 16.9 Å². The predicted octanol–water partition coefficient (Wildman–Crippen LogP) is 0.514. The molecule has 0 radical (unpaired) electrons. The summed E-state index contributed by atoms with van der Waals surface area (Å²) in [6, 6.07) is 0. The Bertz CT molecular complexity index is 306. The second-order valence-electron chi connectivity index (χ2n) is 3.71. The molecule has 0 unspecified atom stereocenters. The molecular weight excluding hydrogens is 178 g/mol. The number of allylic oxidation sites excluding steroid dienone is 1. The summed E-state index contributed by atoms with van der Waals surface area (Å²) in [6.45, 7) is 4.14. The van der Waals surface area contributed by atoms with E-state index >= 15 is 0 Å². The van der Waals surface area contributed by atoms with Crippen LogP contribution in [0.2, 0.25) is 0 Å². The van der Waals surface area contributed by atoms with Gasteiger partial charge in [0, 0.05) is 30.7 Å². The maximum absolute atomic E-state index is 11.5. The molecular formula is C10H15N3O. The van der Waals surface area contributed by atoms with Crippen LogP contribution in [0.3, 0.4) is 0 Å². The normalized spacial score (nSPS) is 23.2. The van der Waals surface area contributed by atoms with Crippen LogP contribution in [-0.2, 0) is 4.79 Å². The molecule has 1 saturated heterocycles. The Hall–Kier alpha value is -1.16. The van der Waals surface area contributed by atoms with Crippen molar-refractivity contribution in [1.82, 2.24) is 10.2 Å². The van der Waals surface area contributed by atoms with E-state index in [1.165, 1.54) is 0 Å². The van der Waals surface area contributed by atoms with Crippen LogP contribution >= 0.6 is 0 Å². The lowest BCUT2D eigenvalue weighted by atomic mass is 10.1. The minimum atomic E-state index is 0.164. The van der Waals surface area contributed by atoms with Gasteiger partial charge < -0.3 is 10.2 Å². The second-order valence-corrected chi connectivity index (χ2v) is 3.71. The number of piperazine rings is 1. The first-order chi connectivity index (χ1) is 6.77. The van der Waals surface area contributed by atoms with Gasteiger partial charge in [0.1, 0.15) is 0 Å². The van der Waals surface area contributed by atoms with E-state index in [0.717, 1.165) is 37.3 Å². The van der Waals surface area contributed by atoms with E-state index in [0.29, 0.717) is 6.54 Å². The molecule has 0 aromatic rings. The fourth-order valence-corrected chi connectivity index (χ4v) is 1.74. The Morgan fingerprint density at radius 2 is 2.36 bits per heavy atom. The lowest BCUT2D eigenvalue weighted by molar-refractivity contribution is -0.130. The number of carbonyl (C=O) groups excluding carboxylic acids is 1. The molecule has 2 rings (SSSR count). The lowest BCUT2D eigenvalue weighted by Crippen LogP contribution is -2.47. The maximum atomic E-state index is 11.5. The predicted molar refractivity (Wildman–Crippen MR) is 55.0 cm³/mol. The van der Waals surface area contributed by atoms with Gasteiger partial charge in [0.05, 0.1) is 6.54 Å². The molecule has 0 aromatic heterocycles. The number of carbonyl (C=O) groups is 1. The minimum absolute atomic E-state index is 0.164. The number of hydrogen-bond acceptors (Lipinski definition) is 3. The smallest absolute Gasteiger partial charge is 0.240 e. The highest BCUT2D eigenvalue weighted by Crippen LogP contribution is 2.17. The summed E-state index contributed by atoms with van der Waals surface area (Å²) in [5.74, 6) is 0.164. The highest BCUT2D eigenvalue weighted by Gasteiger charge is 2.21. The highest BCUT2D eigenvalue weighted by molar-refractivity contribution is 5.85. The standard InChI is InChI=1S/C10H15N3O/c1-8-2-3-9(6-12-8)13-5-4-11-7-10(13)14/h6,11H,2-5,7H2,1H3. The minimum Gasteiger partial charge on any atom is -0.312 e. The van der Waals surface area contributed by atoms with Crippen LogP contribution in [0.25, 0.3) is 0 Å². The molecule has 1 fully saturated rings. The van der Waals surface area contributed by atoms with Crippen LogP contribution in [0.4, 0.5) is 0 Å². The molecule has 0 bridgehead atoms. The summed E-state index contributed by atoms with van der Waals surface area (Å²) < 4.78 is 0. The van der Waals surface area contributed by atoms with Crippen LogP contribution in [-0.4, -0.2) is 36.2 Å². The lowest BCUT2D eigenvalue weighted by Gasteiger charge is -2.30. The summed E-state index contributed by atoms with van der Waals surface area (Å²) in [6.07, 6.45) is 3.76. The Morgan fingerprint density at radius 3 is 3.00 bits per heavy atom. The van der Waals surface area contributed by atoms with Crippen molar-refractivity contribution >= 4 is 11.6 Å². The van der Waals surface area contributed by atoms with Gasteiger partial charge in [-0.1, -0.05) is 0 Å². The Balaban J connectivity index is 2.10. The summed E-state index contributed by atoms with van der Waals surface area (Å²) in [5, 5.41) is 3.06. The summed E-state index contributed by atoms with van der Waals surface area (Å²) in [5.41, 5.74) is 2.22. The molecule has 0 saturated carbocycles. The van der Waals surface area contributed by atoms with Gasteiger partial charge in [-0.15, -0.1) is 0 Å². The molecule has 0 atom stereocenters. The fraction of sp³-hybridized carbons (Fsp3) is 0.600. The zero-order chi connectivity index (χ0) is 9.97. The van der Waals surface area contributed by atoms with E-state index in [1.54, 1.807) is 0 Å². The number of amides is 1. The van der Waals surface area contributed by atoms with E-state index in [1.807, 2.05) is 18.0 Å². The quantitative estimate of drug-likeness (QED) is 0.659. The van der Waals surface area contributed by atoms with Crippen LogP contribution in [0, 0.1) is 0 Å². The average molecular weight is 193 g/mol. The third kappa shape index (κ3) is 1.85. The van der Waals surface area contributed by atoms with Gasteiger partial charge in [-0.2, -0.15) is 0 Å². The molecule has 0 aromatic carbocycles. The molecule has 1 N–H and O–H groups in total. The van der Waals surface area contributed by atoms with Crippen molar-refractivity contribution in [3.63, 3.8) is 0 Å². The first-order valence-electron chi connectivity index (χ1n) is 5.01. The number of rotatable bonds is 1. The first kappa shape index (κ1) is 9.40. The molecule has 2 aliphatic rings. The monoisotopic (exact) mass is 193 g/mol. The molecule has 4 nitrogen and oxygen atoms in total. The molecule has 0 spiro atoms. The first-order valence-corrected chi connectivity index (χ1v) is 5.01. The topological polar surface area (TPSA) is 44.7 Å². The third-order valence-corrected chi connectivity index (χ3v) is 2.61. The van der Waals surface area contributed by atoms with Gasteiger partial charge >= 0.3 is 0 Å². The molecule has 4 heteroatoms. The van der Waals surface area contributed by atoms with Crippen LogP contribution < -0.4 is 5.32 Å². The van der Waals surface area contributed by atoms with Crippen molar-refractivity contribution < 1.29 is 4.79 Å². The van der Waals surface area contributed by atoms with Crippen molar-refractivity contribution in [3.05, 3.63) is 11.9 Å². The van der Waals surface area contributed by atoms with Gasteiger partial charge in [0.25, 0.3) is 0 Å². The molecule has 76 valence electrons. The summed E-state index contributed by atoms with van der Waals surface area (Å²) >= 11 is 0. The number of nitrogens with one attached hydrogen (secondary N) is 1. The van der Waals surface area contributed by atoms with Crippen molar-refractivity contribution in [2.75, 3.05) is 19.6 Å². The van der Waals surface area contributed by atoms with Crippen molar-refractivity contribution in [2.24, 2.45) is 4.99 Å². The van der Waals surface area contributed by atoms with Gasteiger partial charge in [-0.3, -0.25) is 9.79 Å². The third-order valence-electron chi connectivity index (χ3n) is 2.61. The molecule has 1 amide bonds. The average Bonchev–Trinajstić information content (AvgIpc) is 2.20. The largest absolute Gasteiger partial charge is 0.312 e. The Morgan fingerprint density at radius 1 is 1.50 bits per heavy atom. The molecule has 2 aliphatic heterocycles. The highest BCUT2D eigenvalue weighted by atomic mass is 16.2. The van der Waals surface area contributed by atoms with Gasteiger partial charge in [0.15, 0.2) is 0 Å². The molecule has 0 aliphatic carbocycles. The zero-order valence-corrected chi connectivity index (χ0v) is 8.42. The number of hydrogen-bond donors (Lipinski definition) is 1. The van der Waals surface area contributed by atoms with E-state index in [-0.39, 0.29) is 5.91 Å². The van der Waals surface area contributed by atoms with E-state index < -0.39 is 0 Å². The van der Waals surface area contributed by atoms with Crippen LogP contribution in [0.5, 0.6) is 0 Å². The Kier molecular flexibility index (Phi) is 2.63. The SMILES string of the molecule is CC1=NC=C(N2CCNCC2=O)CC1. The van der Waals surface area contributed by atoms with Crippen molar-refractivity contribution in [3.8, 4) is 0 Å². The zero-order valence-electron chi connectivity index (χ0n) is 8.42. The van der Waals surface area contributed by atoms with E-state index in [4.69, 9.17) is 0 Å². The van der Waals surface area contributed by atoms with Gasteiger partial charge in [0.2, 0.25) is 5.91 Å². The number of nitrogens with zero attached hydrogens (tertiary/aromatic N) is 2. The summed E-state index contributed by atoms with van der Waals surface area (Å²) in [7, 11) is 0. The molecule has 2 heterocycles. The maximum Gasteiger partial charge on any atom is 0.240 e. The van der Waals surface area contributed by atoms with Crippen molar-refractivity contribution in [1.29, 1.82) is 0 Å². The van der Waals surface area contributed by atoms with Crippen molar-refractivity contribution in [2.45, 2.75) is 19.8 Å². The second kappa shape index (κ2) is 3.92. The van der Waals surface area contributed by atoms with Gasteiger partial charge in [-0.05, 0) is 19.8 Å². The van der Waals surface area contributed by atoms with Gasteiger partial charge in [-0.25, -0.2) is 0 Å². The van der Waals surface area contributed by atoms with Crippen LogP contribution in [0.1, 0.15) is 19.8 Å². The Labute approximate surface area is 83.7 Å². The number of aliphatic imine (C=N–C) groups is 1. The fourth-order valence-electron chi connectivity index (χ4n) is 1.74.